The molecule has 0 radical (unpaired) electrons. The Morgan fingerprint density at radius 3 is 2.82 bits per heavy atom. The number of methoxy groups -OCH3 is 1. The van der Waals surface area contributed by atoms with Crippen LogP contribution >= 0.6 is 0 Å². The number of aryl methyl sites for hydroxylation is 1. The maximum absolute atomic E-state index is 11.7. The number of benzene rings is 1. The molecule has 0 spiro atoms. The first kappa shape index (κ1) is 16.1. The molecule has 0 bridgehead atoms. The summed E-state index contributed by atoms with van der Waals surface area (Å²) in [5.41, 5.74) is 1.61. The van der Waals surface area contributed by atoms with Crippen molar-refractivity contribution in [3.63, 3.8) is 0 Å². The molecule has 1 heterocycles. The fraction of sp³-hybridized carbons (Fsp3) is 0.400. The molecule has 0 aliphatic heterocycles. The molecule has 1 N–H and O–H groups in total. The Labute approximate surface area is 128 Å². The first-order valence-electron chi connectivity index (χ1n) is 6.81. The van der Waals surface area contributed by atoms with Gasteiger partial charge in [-0.2, -0.15) is 0 Å². The van der Waals surface area contributed by atoms with E-state index in [4.69, 9.17) is 9.15 Å². The van der Waals surface area contributed by atoms with Gasteiger partial charge in [-0.15, -0.1) is 10.2 Å². The quantitative estimate of drug-likeness (QED) is 0.834. The summed E-state index contributed by atoms with van der Waals surface area (Å²) in [6.07, 6.45) is 0. The minimum Gasteiger partial charge on any atom is -0.480 e. The van der Waals surface area contributed by atoms with E-state index < -0.39 is 12.0 Å². The van der Waals surface area contributed by atoms with Gasteiger partial charge in [0.25, 0.3) is 0 Å². The van der Waals surface area contributed by atoms with E-state index in [2.05, 4.69) is 10.2 Å². The molecular weight excluding hydrogens is 286 g/mol. The second-order valence-corrected chi connectivity index (χ2v) is 5.05. The standard InChI is InChI=1S/C15H19N3O4/c1-10-16-17-13(22-10)8-18(2)14(15(19)20)12-6-4-5-11(7-12)9-21-3/h4-7,14H,8-9H2,1-3H3,(H,19,20)/t14-/m0/s1. The lowest BCUT2D eigenvalue weighted by atomic mass is 10.0. The van der Waals surface area contributed by atoms with Crippen molar-refractivity contribution in [2.75, 3.05) is 14.2 Å². The average molecular weight is 305 g/mol. The second kappa shape index (κ2) is 7.15. The highest BCUT2D eigenvalue weighted by Crippen LogP contribution is 2.22. The largest absolute Gasteiger partial charge is 0.480 e. The summed E-state index contributed by atoms with van der Waals surface area (Å²) in [5, 5.41) is 17.2. The third-order valence-electron chi connectivity index (χ3n) is 3.21. The Balaban J connectivity index is 2.21. The number of likely N-dealkylation sites (N-methyl/N-ethyl adjacent to an activating group) is 1. The number of nitrogens with zero attached hydrogens (tertiary/aromatic N) is 3. The minimum atomic E-state index is -0.937. The molecule has 0 aliphatic rings. The molecule has 0 saturated heterocycles. The molecule has 7 heteroatoms. The minimum absolute atomic E-state index is 0.256. The van der Waals surface area contributed by atoms with E-state index in [1.54, 1.807) is 32.0 Å². The van der Waals surface area contributed by atoms with Crippen LogP contribution in [0.5, 0.6) is 0 Å². The Kier molecular flexibility index (Phi) is 5.24. The normalized spacial score (nSPS) is 12.5. The van der Waals surface area contributed by atoms with Gasteiger partial charge in [-0.1, -0.05) is 24.3 Å². The summed E-state index contributed by atoms with van der Waals surface area (Å²) in [6.45, 7) is 2.39. The zero-order valence-electron chi connectivity index (χ0n) is 12.8. The Hall–Kier alpha value is -2.25. The molecule has 7 nitrogen and oxygen atoms in total. The van der Waals surface area contributed by atoms with Gasteiger partial charge in [-0.3, -0.25) is 9.69 Å². The van der Waals surface area contributed by atoms with Gasteiger partial charge in [0, 0.05) is 14.0 Å². The van der Waals surface area contributed by atoms with Crippen molar-refractivity contribution in [3.8, 4) is 0 Å². The summed E-state index contributed by atoms with van der Waals surface area (Å²) in [6, 6.07) is 6.53. The molecule has 0 unspecified atom stereocenters. The molecule has 0 aliphatic carbocycles. The third kappa shape index (κ3) is 3.90. The van der Waals surface area contributed by atoms with Gasteiger partial charge in [-0.05, 0) is 18.2 Å². The van der Waals surface area contributed by atoms with Crippen LogP contribution < -0.4 is 0 Å². The molecular formula is C15H19N3O4. The van der Waals surface area contributed by atoms with Crippen molar-refractivity contribution >= 4 is 5.97 Å². The number of hydrogen-bond acceptors (Lipinski definition) is 6. The van der Waals surface area contributed by atoms with Crippen LogP contribution in [0.1, 0.15) is 29.0 Å². The fourth-order valence-electron chi connectivity index (χ4n) is 2.31. The van der Waals surface area contributed by atoms with Gasteiger partial charge in [0.2, 0.25) is 11.8 Å². The van der Waals surface area contributed by atoms with Crippen LogP contribution in [0.25, 0.3) is 0 Å². The van der Waals surface area contributed by atoms with E-state index >= 15 is 0 Å². The number of carbonyl (C=O) groups is 1. The number of aliphatic carboxylic acids is 1. The highest BCUT2D eigenvalue weighted by Gasteiger charge is 2.26. The lowest BCUT2D eigenvalue weighted by molar-refractivity contribution is -0.143. The maximum Gasteiger partial charge on any atom is 0.325 e. The SMILES string of the molecule is COCc1cccc([C@@H](C(=O)O)N(C)Cc2nnc(C)o2)c1. The molecule has 1 atom stereocenters. The topological polar surface area (TPSA) is 88.7 Å². The van der Waals surface area contributed by atoms with E-state index in [-0.39, 0.29) is 6.54 Å². The average Bonchev–Trinajstić information content (AvgIpc) is 2.84. The summed E-state index contributed by atoms with van der Waals surface area (Å²) >= 11 is 0. The van der Waals surface area contributed by atoms with Crippen molar-refractivity contribution in [1.82, 2.24) is 15.1 Å². The number of carboxylic acids is 1. The second-order valence-electron chi connectivity index (χ2n) is 5.05. The van der Waals surface area contributed by atoms with E-state index in [0.29, 0.717) is 24.0 Å². The van der Waals surface area contributed by atoms with E-state index in [1.807, 2.05) is 18.2 Å². The maximum atomic E-state index is 11.7. The van der Waals surface area contributed by atoms with Crippen LogP contribution in [-0.2, 0) is 22.7 Å². The van der Waals surface area contributed by atoms with Gasteiger partial charge >= 0.3 is 5.97 Å². The first-order chi connectivity index (χ1) is 10.5. The lowest BCUT2D eigenvalue weighted by Gasteiger charge is -2.23. The monoisotopic (exact) mass is 305 g/mol. The van der Waals surface area contributed by atoms with Crippen molar-refractivity contribution in [2.24, 2.45) is 0 Å². The van der Waals surface area contributed by atoms with E-state index in [0.717, 1.165) is 5.56 Å². The zero-order chi connectivity index (χ0) is 16.1. The van der Waals surface area contributed by atoms with Crippen LogP contribution in [0.3, 0.4) is 0 Å². The highest BCUT2D eigenvalue weighted by molar-refractivity contribution is 5.75. The molecule has 0 amide bonds. The molecule has 2 aromatic rings. The molecule has 118 valence electrons. The van der Waals surface area contributed by atoms with E-state index in [1.165, 1.54) is 0 Å². The van der Waals surface area contributed by atoms with Crippen LogP contribution in [0.4, 0.5) is 0 Å². The number of aromatic nitrogens is 2. The summed E-state index contributed by atoms with van der Waals surface area (Å²) in [7, 11) is 3.31. The Morgan fingerprint density at radius 2 is 2.23 bits per heavy atom. The number of rotatable bonds is 7. The number of carboxylic acid groups (broad SMARTS) is 1. The van der Waals surface area contributed by atoms with Crippen LogP contribution in [0, 0.1) is 6.92 Å². The third-order valence-corrected chi connectivity index (χ3v) is 3.21. The predicted molar refractivity (Wildman–Crippen MR) is 78.0 cm³/mol. The fourth-order valence-corrected chi connectivity index (χ4v) is 2.31. The van der Waals surface area contributed by atoms with Gasteiger partial charge in [-0.25, -0.2) is 0 Å². The number of hydrogen-bond donors (Lipinski definition) is 1. The van der Waals surface area contributed by atoms with Crippen LogP contribution in [0.2, 0.25) is 0 Å². The van der Waals surface area contributed by atoms with Crippen LogP contribution in [-0.4, -0.2) is 40.3 Å². The van der Waals surface area contributed by atoms with Gasteiger partial charge in [0.1, 0.15) is 6.04 Å². The lowest BCUT2D eigenvalue weighted by Crippen LogP contribution is -2.30. The first-order valence-corrected chi connectivity index (χ1v) is 6.81. The summed E-state index contributed by atoms with van der Waals surface area (Å²) < 4.78 is 10.4. The van der Waals surface area contributed by atoms with Crippen molar-refractivity contribution < 1.29 is 19.1 Å². The molecule has 2 rings (SSSR count). The number of ether oxygens (including phenoxy) is 1. The van der Waals surface area contributed by atoms with E-state index in [9.17, 15) is 9.90 Å². The van der Waals surface area contributed by atoms with Crippen molar-refractivity contribution in [3.05, 3.63) is 47.2 Å². The predicted octanol–water partition coefficient (Wildman–Crippen LogP) is 1.78. The molecule has 22 heavy (non-hydrogen) atoms. The smallest absolute Gasteiger partial charge is 0.325 e. The molecule has 0 saturated carbocycles. The Morgan fingerprint density at radius 1 is 1.45 bits per heavy atom. The van der Waals surface area contributed by atoms with Crippen LogP contribution in [0.15, 0.2) is 28.7 Å². The van der Waals surface area contributed by atoms with Crippen molar-refractivity contribution in [2.45, 2.75) is 26.1 Å². The highest BCUT2D eigenvalue weighted by atomic mass is 16.5. The molecule has 1 aromatic heterocycles. The van der Waals surface area contributed by atoms with Crippen molar-refractivity contribution in [1.29, 1.82) is 0 Å². The summed E-state index contributed by atoms with van der Waals surface area (Å²) in [4.78, 5) is 13.3. The zero-order valence-corrected chi connectivity index (χ0v) is 12.8. The molecule has 1 aromatic carbocycles. The van der Waals surface area contributed by atoms with Gasteiger partial charge in [0.15, 0.2) is 0 Å². The summed E-state index contributed by atoms with van der Waals surface area (Å²) in [5.74, 6) is -0.0926. The Bertz CT molecular complexity index is 641. The van der Waals surface area contributed by atoms with Gasteiger partial charge in [0.05, 0.1) is 13.2 Å². The van der Waals surface area contributed by atoms with Gasteiger partial charge < -0.3 is 14.3 Å². The molecule has 0 fully saturated rings.